The van der Waals surface area contributed by atoms with Crippen LogP contribution < -0.4 is 14.8 Å². The minimum atomic E-state index is -0.638. The molecule has 0 radical (unpaired) electrons. The van der Waals surface area contributed by atoms with E-state index in [9.17, 15) is 4.79 Å². The molecule has 2 rings (SSSR count). The lowest BCUT2D eigenvalue weighted by Crippen LogP contribution is -2.30. The summed E-state index contributed by atoms with van der Waals surface area (Å²) in [6.07, 6.45) is 0.494. The number of nitriles is 1. The van der Waals surface area contributed by atoms with Gasteiger partial charge in [0.25, 0.3) is 5.91 Å². The SMILES string of the molecule is CC(Oc1ccc(Br)cc1)C(=O)Nc1cccc(OCCCC#N)c1. The first-order chi connectivity index (χ1) is 12.1. The summed E-state index contributed by atoms with van der Waals surface area (Å²) in [5, 5.41) is 11.3. The van der Waals surface area contributed by atoms with Gasteiger partial charge in [0.1, 0.15) is 11.5 Å². The number of halogens is 1. The van der Waals surface area contributed by atoms with Crippen LogP contribution in [0, 0.1) is 11.3 Å². The van der Waals surface area contributed by atoms with Crippen LogP contribution in [0.1, 0.15) is 19.8 Å². The lowest BCUT2D eigenvalue weighted by atomic mass is 10.2. The molecule has 1 amide bonds. The number of unbranched alkanes of at least 4 members (excludes halogenated alkanes) is 1. The van der Waals surface area contributed by atoms with E-state index in [-0.39, 0.29) is 5.91 Å². The van der Waals surface area contributed by atoms with Crippen LogP contribution in [-0.4, -0.2) is 18.6 Å². The molecule has 0 aromatic heterocycles. The number of nitrogens with zero attached hydrogens (tertiary/aromatic N) is 1. The number of carbonyl (C=O) groups excluding carboxylic acids is 1. The second kappa shape index (κ2) is 9.70. The van der Waals surface area contributed by atoms with Gasteiger partial charge < -0.3 is 14.8 Å². The summed E-state index contributed by atoms with van der Waals surface area (Å²) < 4.78 is 12.1. The molecule has 0 aliphatic carbocycles. The van der Waals surface area contributed by atoms with E-state index in [2.05, 4.69) is 27.3 Å². The first-order valence-electron chi connectivity index (χ1n) is 7.91. The number of benzene rings is 2. The summed E-state index contributed by atoms with van der Waals surface area (Å²) in [6, 6.07) is 16.5. The van der Waals surface area contributed by atoms with Crippen molar-refractivity contribution in [2.24, 2.45) is 0 Å². The maximum atomic E-state index is 12.3. The molecular weight excluding hydrogens is 384 g/mol. The van der Waals surface area contributed by atoms with Crippen LogP contribution in [0.4, 0.5) is 5.69 Å². The molecule has 0 heterocycles. The van der Waals surface area contributed by atoms with Gasteiger partial charge in [-0.25, -0.2) is 0 Å². The summed E-state index contributed by atoms with van der Waals surface area (Å²) in [5.41, 5.74) is 0.633. The highest BCUT2D eigenvalue weighted by Gasteiger charge is 2.15. The Labute approximate surface area is 155 Å². The second-order valence-electron chi connectivity index (χ2n) is 5.34. The van der Waals surface area contributed by atoms with E-state index in [0.717, 1.165) is 4.47 Å². The number of nitrogens with one attached hydrogen (secondary N) is 1. The summed E-state index contributed by atoms with van der Waals surface area (Å²) in [6.45, 7) is 2.16. The van der Waals surface area contributed by atoms with Gasteiger partial charge in [-0.15, -0.1) is 0 Å². The third kappa shape index (κ3) is 6.48. The Hall–Kier alpha value is -2.52. The van der Waals surface area contributed by atoms with Crippen molar-refractivity contribution in [3.8, 4) is 17.6 Å². The van der Waals surface area contributed by atoms with Crippen molar-refractivity contribution < 1.29 is 14.3 Å². The lowest BCUT2D eigenvalue weighted by Gasteiger charge is -2.15. The second-order valence-corrected chi connectivity index (χ2v) is 6.26. The van der Waals surface area contributed by atoms with Gasteiger partial charge in [0, 0.05) is 22.6 Å². The fourth-order valence-electron chi connectivity index (χ4n) is 2.02. The molecule has 1 N–H and O–H groups in total. The number of hydrogen-bond donors (Lipinski definition) is 1. The van der Waals surface area contributed by atoms with Gasteiger partial charge in [0.15, 0.2) is 6.10 Å². The van der Waals surface area contributed by atoms with Gasteiger partial charge in [-0.3, -0.25) is 4.79 Å². The van der Waals surface area contributed by atoms with Crippen LogP contribution >= 0.6 is 15.9 Å². The van der Waals surface area contributed by atoms with Crippen LogP contribution in [0.2, 0.25) is 0 Å². The van der Waals surface area contributed by atoms with E-state index in [1.807, 2.05) is 18.2 Å². The van der Waals surface area contributed by atoms with Crippen LogP contribution in [0.15, 0.2) is 53.0 Å². The van der Waals surface area contributed by atoms with Gasteiger partial charge in [-0.05, 0) is 49.7 Å². The van der Waals surface area contributed by atoms with Gasteiger partial charge in [0.2, 0.25) is 0 Å². The monoisotopic (exact) mass is 402 g/mol. The molecule has 6 heteroatoms. The van der Waals surface area contributed by atoms with E-state index in [1.165, 1.54) is 0 Å². The number of amides is 1. The molecule has 0 bridgehead atoms. The number of carbonyl (C=O) groups is 1. The average Bonchev–Trinajstić information content (AvgIpc) is 2.61. The van der Waals surface area contributed by atoms with Crippen molar-refractivity contribution in [3.05, 3.63) is 53.0 Å². The molecule has 0 spiro atoms. The van der Waals surface area contributed by atoms with Crippen molar-refractivity contribution in [2.45, 2.75) is 25.9 Å². The largest absolute Gasteiger partial charge is 0.493 e. The van der Waals surface area contributed by atoms with Crippen molar-refractivity contribution in [1.29, 1.82) is 5.26 Å². The number of anilines is 1. The summed E-state index contributed by atoms with van der Waals surface area (Å²) in [4.78, 5) is 12.3. The van der Waals surface area contributed by atoms with Crippen molar-refractivity contribution in [1.82, 2.24) is 0 Å². The number of rotatable bonds is 8. The summed E-state index contributed by atoms with van der Waals surface area (Å²) in [7, 11) is 0. The molecule has 1 unspecified atom stereocenters. The highest BCUT2D eigenvalue weighted by Crippen LogP contribution is 2.20. The fourth-order valence-corrected chi connectivity index (χ4v) is 2.28. The third-order valence-electron chi connectivity index (χ3n) is 3.30. The van der Waals surface area contributed by atoms with Gasteiger partial charge in [-0.1, -0.05) is 22.0 Å². The van der Waals surface area contributed by atoms with Crippen molar-refractivity contribution >= 4 is 27.5 Å². The molecule has 0 saturated carbocycles. The van der Waals surface area contributed by atoms with Gasteiger partial charge in [0.05, 0.1) is 12.7 Å². The highest BCUT2D eigenvalue weighted by molar-refractivity contribution is 9.10. The quantitative estimate of drug-likeness (QED) is 0.657. The lowest BCUT2D eigenvalue weighted by molar-refractivity contribution is -0.122. The van der Waals surface area contributed by atoms with E-state index >= 15 is 0 Å². The molecule has 25 heavy (non-hydrogen) atoms. The molecule has 0 aliphatic heterocycles. The van der Waals surface area contributed by atoms with Gasteiger partial charge in [-0.2, -0.15) is 5.26 Å². The third-order valence-corrected chi connectivity index (χ3v) is 3.83. The Bertz CT molecular complexity index is 741. The number of ether oxygens (including phenoxy) is 2. The molecule has 130 valence electrons. The zero-order valence-electron chi connectivity index (χ0n) is 13.9. The molecule has 1 atom stereocenters. The predicted molar refractivity (Wildman–Crippen MR) is 99.6 cm³/mol. The van der Waals surface area contributed by atoms with E-state index in [1.54, 1.807) is 37.3 Å². The molecule has 0 aliphatic rings. The van der Waals surface area contributed by atoms with E-state index in [0.29, 0.717) is 36.6 Å². The predicted octanol–water partition coefficient (Wildman–Crippen LogP) is 4.54. The van der Waals surface area contributed by atoms with Crippen LogP contribution in [-0.2, 0) is 4.79 Å². The highest BCUT2D eigenvalue weighted by atomic mass is 79.9. The standard InChI is InChI=1S/C19H19BrN2O3/c1-14(25-17-9-7-15(20)8-10-17)19(23)22-16-5-4-6-18(13-16)24-12-3-2-11-21/h4-10,13-14H,2-3,12H2,1H3,(H,22,23). The van der Waals surface area contributed by atoms with Crippen LogP contribution in [0.25, 0.3) is 0 Å². The molecule has 0 saturated heterocycles. The van der Waals surface area contributed by atoms with E-state index in [4.69, 9.17) is 14.7 Å². The minimum Gasteiger partial charge on any atom is -0.493 e. The number of hydrogen-bond acceptors (Lipinski definition) is 4. The Kier molecular flexibility index (Phi) is 7.30. The Morgan fingerprint density at radius 2 is 2.00 bits per heavy atom. The maximum absolute atomic E-state index is 12.3. The zero-order chi connectivity index (χ0) is 18.1. The van der Waals surface area contributed by atoms with Crippen molar-refractivity contribution in [3.63, 3.8) is 0 Å². The maximum Gasteiger partial charge on any atom is 0.265 e. The molecule has 5 nitrogen and oxygen atoms in total. The first kappa shape index (κ1) is 18.8. The van der Waals surface area contributed by atoms with Gasteiger partial charge >= 0.3 is 0 Å². The van der Waals surface area contributed by atoms with E-state index < -0.39 is 6.10 Å². The Balaban J connectivity index is 1.88. The normalized spacial score (nSPS) is 11.2. The molecular formula is C19H19BrN2O3. The Morgan fingerprint density at radius 3 is 2.72 bits per heavy atom. The Morgan fingerprint density at radius 1 is 1.24 bits per heavy atom. The average molecular weight is 403 g/mol. The van der Waals surface area contributed by atoms with Crippen LogP contribution in [0.3, 0.4) is 0 Å². The topological polar surface area (TPSA) is 71.3 Å². The van der Waals surface area contributed by atoms with Crippen molar-refractivity contribution in [2.75, 3.05) is 11.9 Å². The minimum absolute atomic E-state index is 0.246. The summed E-state index contributed by atoms with van der Waals surface area (Å²) in [5.74, 6) is 1.03. The fraction of sp³-hybridized carbons (Fsp3) is 0.263. The first-order valence-corrected chi connectivity index (χ1v) is 8.70. The molecule has 2 aromatic rings. The summed E-state index contributed by atoms with van der Waals surface area (Å²) >= 11 is 3.36. The molecule has 2 aromatic carbocycles. The zero-order valence-corrected chi connectivity index (χ0v) is 15.5. The molecule has 0 fully saturated rings. The smallest absolute Gasteiger partial charge is 0.265 e. The van der Waals surface area contributed by atoms with Crippen LogP contribution in [0.5, 0.6) is 11.5 Å².